The fourth-order valence-electron chi connectivity index (χ4n) is 1.69. The van der Waals surface area contributed by atoms with E-state index in [1.54, 1.807) is 30.1 Å². The van der Waals surface area contributed by atoms with Crippen molar-refractivity contribution in [2.24, 2.45) is 7.05 Å². The molecule has 0 amide bonds. The van der Waals surface area contributed by atoms with Crippen molar-refractivity contribution >= 4 is 5.97 Å². The molecule has 0 unspecified atom stereocenters. The number of rotatable bonds is 3. The lowest BCUT2D eigenvalue weighted by Crippen LogP contribution is -2.01. The first kappa shape index (κ1) is 11.2. The van der Waals surface area contributed by atoms with E-state index in [1.165, 1.54) is 7.11 Å². The zero-order valence-corrected chi connectivity index (χ0v) is 9.54. The number of hydrogen-bond acceptors (Lipinski definition) is 3. The standard InChI is InChI=1S/C12H12N2O3/c1-14-10(5-6-13-14)8-3-4-11(17-2)9(7-8)12(15)16/h3-7H,1-2H3,(H,15,16). The largest absolute Gasteiger partial charge is 0.496 e. The highest BCUT2D eigenvalue weighted by atomic mass is 16.5. The zero-order chi connectivity index (χ0) is 12.4. The molecule has 2 aromatic rings. The topological polar surface area (TPSA) is 64.4 Å². The number of aromatic nitrogens is 2. The Hall–Kier alpha value is -2.30. The summed E-state index contributed by atoms with van der Waals surface area (Å²) >= 11 is 0. The van der Waals surface area contributed by atoms with Gasteiger partial charge in [-0.05, 0) is 24.3 Å². The summed E-state index contributed by atoms with van der Waals surface area (Å²) in [5, 5.41) is 13.1. The summed E-state index contributed by atoms with van der Waals surface area (Å²) in [6.45, 7) is 0. The number of ether oxygens (including phenoxy) is 1. The minimum atomic E-state index is -1.01. The van der Waals surface area contributed by atoms with Crippen molar-refractivity contribution in [3.63, 3.8) is 0 Å². The molecule has 0 saturated heterocycles. The maximum absolute atomic E-state index is 11.1. The monoisotopic (exact) mass is 232 g/mol. The predicted molar refractivity (Wildman–Crippen MR) is 62.2 cm³/mol. The molecule has 0 aliphatic rings. The number of methoxy groups -OCH3 is 1. The van der Waals surface area contributed by atoms with Crippen molar-refractivity contribution in [1.29, 1.82) is 0 Å². The van der Waals surface area contributed by atoms with E-state index in [4.69, 9.17) is 9.84 Å². The summed E-state index contributed by atoms with van der Waals surface area (Å²) in [7, 11) is 3.26. The first-order valence-corrected chi connectivity index (χ1v) is 5.03. The summed E-state index contributed by atoms with van der Waals surface area (Å²) in [4.78, 5) is 11.1. The normalized spacial score (nSPS) is 10.2. The molecule has 1 N–H and O–H groups in total. The first-order valence-electron chi connectivity index (χ1n) is 5.03. The van der Waals surface area contributed by atoms with E-state index >= 15 is 0 Å². The highest BCUT2D eigenvalue weighted by molar-refractivity contribution is 5.92. The van der Waals surface area contributed by atoms with E-state index in [0.29, 0.717) is 5.75 Å². The number of hydrogen-bond donors (Lipinski definition) is 1. The Kier molecular flexibility index (Phi) is 2.82. The molecule has 17 heavy (non-hydrogen) atoms. The van der Waals surface area contributed by atoms with Gasteiger partial charge in [0.2, 0.25) is 0 Å². The lowest BCUT2D eigenvalue weighted by atomic mass is 10.1. The van der Waals surface area contributed by atoms with Gasteiger partial charge in [0.15, 0.2) is 0 Å². The van der Waals surface area contributed by atoms with Crippen LogP contribution in [-0.4, -0.2) is 28.0 Å². The van der Waals surface area contributed by atoms with E-state index in [1.807, 2.05) is 12.1 Å². The molecule has 0 fully saturated rings. The van der Waals surface area contributed by atoms with Gasteiger partial charge in [0.1, 0.15) is 11.3 Å². The van der Waals surface area contributed by atoms with Gasteiger partial charge in [-0.1, -0.05) is 0 Å². The molecule has 0 bridgehead atoms. The Bertz CT molecular complexity index is 561. The van der Waals surface area contributed by atoms with Crippen LogP contribution in [0.1, 0.15) is 10.4 Å². The Morgan fingerprint density at radius 3 is 2.71 bits per heavy atom. The maximum Gasteiger partial charge on any atom is 0.339 e. The lowest BCUT2D eigenvalue weighted by molar-refractivity contribution is 0.0693. The number of carboxylic acids is 1. The molecule has 88 valence electrons. The van der Waals surface area contributed by atoms with Gasteiger partial charge >= 0.3 is 5.97 Å². The van der Waals surface area contributed by atoms with Crippen molar-refractivity contribution < 1.29 is 14.6 Å². The predicted octanol–water partition coefficient (Wildman–Crippen LogP) is 1.79. The van der Waals surface area contributed by atoms with Gasteiger partial charge in [0.05, 0.1) is 12.8 Å². The third kappa shape index (κ3) is 1.99. The zero-order valence-electron chi connectivity index (χ0n) is 9.54. The fraction of sp³-hybridized carbons (Fsp3) is 0.167. The van der Waals surface area contributed by atoms with Crippen molar-refractivity contribution in [2.45, 2.75) is 0 Å². The van der Waals surface area contributed by atoms with E-state index < -0.39 is 5.97 Å². The van der Waals surface area contributed by atoms with Crippen LogP contribution in [-0.2, 0) is 7.05 Å². The molecule has 0 spiro atoms. The van der Waals surface area contributed by atoms with Gasteiger partial charge < -0.3 is 9.84 Å². The minimum Gasteiger partial charge on any atom is -0.496 e. The van der Waals surface area contributed by atoms with Crippen LogP contribution in [0.5, 0.6) is 5.75 Å². The number of benzene rings is 1. The summed E-state index contributed by atoms with van der Waals surface area (Å²) in [5.41, 5.74) is 1.80. The van der Waals surface area contributed by atoms with Gasteiger partial charge in [-0.25, -0.2) is 4.79 Å². The second-order valence-corrected chi connectivity index (χ2v) is 3.56. The molecule has 5 nitrogen and oxygen atoms in total. The molecule has 0 saturated carbocycles. The molecule has 1 aromatic carbocycles. The molecule has 1 aromatic heterocycles. The Balaban J connectivity index is 2.55. The Morgan fingerprint density at radius 1 is 1.41 bits per heavy atom. The van der Waals surface area contributed by atoms with Crippen LogP contribution < -0.4 is 4.74 Å². The van der Waals surface area contributed by atoms with E-state index in [-0.39, 0.29) is 5.56 Å². The summed E-state index contributed by atoms with van der Waals surface area (Å²) in [6, 6.07) is 6.86. The van der Waals surface area contributed by atoms with Gasteiger partial charge in [0, 0.05) is 18.8 Å². The Labute approximate surface area is 98.3 Å². The number of carbonyl (C=O) groups is 1. The van der Waals surface area contributed by atoms with Gasteiger partial charge in [-0.2, -0.15) is 5.10 Å². The second kappa shape index (κ2) is 4.29. The molecule has 0 radical (unpaired) electrons. The average Bonchev–Trinajstić information content (AvgIpc) is 2.74. The van der Waals surface area contributed by atoms with E-state index in [9.17, 15) is 4.79 Å². The van der Waals surface area contributed by atoms with Crippen LogP contribution in [0.15, 0.2) is 30.5 Å². The molecule has 0 atom stereocenters. The van der Waals surface area contributed by atoms with Gasteiger partial charge in [-0.15, -0.1) is 0 Å². The smallest absolute Gasteiger partial charge is 0.339 e. The number of carboxylic acid groups (broad SMARTS) is 1. The van der Waals surface area contributed by atoms with Crippen LogP contribution in [0.4, 0.5) is 0 Å². The second-order valence-electron chi connectivity index (χ2n) is 3.56. The number of nitrogens with zero attached hydrogens (tertiary/aromatic N) is 2. The lowest BCUT2D eigenvalue weighted by Gasteiger charge is -2.07. The van der Waals surface area contributed by atoms with Crippen molar-refractivity contribution in [3.8, 4) is 17.0 Å². The van der Waals surface area contributed by atoms with Crippen LogP contribution >= 0.6 is 0 Å². The van der Waals surface area contributed by atoms with Gasteiger partial charge in [-0.3, -0.25) is 4.68 Å². The maximum atomic E-state index is 11.1. The third-order valence-corrected chi connectivity index (χ3v) is 2.55. The SMILES string of the molecule is COc1ccc(-c2ccnn2C)cc1C(=O)O. The highest BCUT2D eigenvalue weighted by Crippen LogP contribution is 2.26. The molecule has 1 heterocycles. The summed E-state index contributed by atoms with van der Waals surface area (Å²) in [6.07, 6.45) is 1.67. The van der Waals surface area contributed by atoms with Crippen LogP contribution in [0.2, 0.25) is 0 Å². The van der Waals surface area contributed by atoms with Crippen molar-refractivity contribution in [3.05, 3.63) is 36.0 Å². The quantitative estimate of drug-likeness (QED) is 0.876. The van der Waals surface area contributed by atoms with Gasteiger partial charge in [0.25, 0.3) is 0 Å². The molecule has 0 aliphatic carbocycles. The summed E-state index contributed by atoms with van der Waals surface area (Å²) < 4.78 is 6.69. The minimum absolute atomic E-state index is 0.145. The molecule has 5 heteroatoms. The van der Waals surface area contributed by atoms with Crippen LogP contribution in [0, 0.1) is 0 Å². The third-order valence-electron chi connectivity index (χ3n) is 2.55. The molecule has 2 rings (SSSR count). The highest BCUT2D eigenvalue weighted by Gasteiger charge is 2.13. The van der Waals surface area contributed by atoms with E-state index in [0.717, 1.165) is 11.3 Å². The first-order chi connectivity index (χ1) is 8.13. The average molecular weight is 232 g/mol. The molecule has 0 aliphatic heterocycles. The Morgan fingerprint density at radius 2 is 2.18 bits per heavy atom. The van der Waals surface area contributed by atoms with E-state index in [2.05, 4.69) is 5.10 Å². The van der Waals surface area contributed by atoms with Crippen molar-refractivity contribution in [1.82, 2.24) is 9.78 Å². The molecular weight excluding hydrogens is 220 g/mol. The van der Waals surface area contributed by atoms with Crippen molar-refractivity contribution in [2.75, 3.05) is 7.11 Å². The molecular formula is C12H12N2O3. The van der Waals surface area contributed by atoms with Crippen LogP contribution in [0.25, 0.3) is 11.3 Å². The summed E-state index contributed by atoms with van der Waals surface area (Å²) in [5.74, 6) is -0.658. The van der Waals surface area contributed by atoms with Crippen LogP contribution in [0.3, 0.4) is 0 Å². The number of aryl methyl sites for hydroxylation is 1. The number of aromatic carboxylic acids is 1. The fourth-order valence-corrected chi connectivity index (χ4v) is 1.69.